The van der Waals surface area contributed by atoms with E-state index in [2.05, 4.69) is 10.6 Å². The van der Waals surface area contributed by atoms with Crippen molar-refractivity contribution in [2.75, 3.05) is 24.1 Å². The SMILES string of the molecule is CCNC(=O)CNc1c(N)n(Cc2ccccc2)c(=O)n(C)c1=O. The van der Waals surface area contributed by atoms with Gasteiger partial charge >= 0.3 is 5.69 Å². The minimum atomic E-state index is -0.564. The van der Waals surface area contributed by atoms with E-state index < -0.39 is 11.2 Å². The summed E-state index contributed by atoms with van der Waals surface area (Å²) in [6, 6.07) is 9.30. The van der Waals surface area contributed by atoms with Gasteiger partial charge in [-0.1, -0.05) is 30.3 Å². The number of nitrogen functional groups attached to an aromatic ring is 1. The molecule has 2 aromatic rings. The van der Waals surface area contributed by atoms with E-state index in [0.717, 1.165) is 10.1 Å². The first kappa shape index (κ1) is 17.3. The largest absolute Gasteiger partial charge is 0.383 e. The Bertz CT molecular complexity index is 839. The molecule has 0 atom stereocenters. The lowest BCUT2D eigenvalue weighted by atomic mass is 10.2. The summed E-state index contributed by atoms with van der Waals surface area (Å²) in [6.07, 6.45) is 0. The predicted molar refractivity (Wildman–Crippen MR) is 93.1 cm³/mol. The van der Waals surface area contributed by atoms with Gasteiger partial charge in [0.05, 0.1) is 13.1 Å². The average molecular weight is 331 g/mol. The van der Waals surface area contributed by atoms with Crippen molar-refractivity contribution >= 4 is 17.4 Å². The van der Waals surface area contributed by atoms with Crippen LogP contribution in [0.2, 0.25) is 0 Å². The van der Waals surface area contributed by atoms with Gasteiger partial charge in [-0.25, -0.2) is 4.79 Å². The summed E-state index contributed by atoms with van der Waals surface area (Å²) >= 11 is 0. The first-order valence-corrected chi connectivity index (χ1v) is 7.59. The molecule has 0 saturated heterocycles. The Morgan fingerprint density at radius 1 is 1.21 bits per heavy atom. The van der Waals surface area contributed by atoms with Crippen molar-refractivity contribution in [2.45, 2.75) is 13.5 Å². The summed E-state index contributed by atoms with van der Waals surface area (Å²) in [7, 11) is 1.38. The topological polar surface area (TPSA) is 111 Å². The first-order chi connectivity index (χ1) is 11.5. The zero-order valence-corrected chi connectivity index (χ0v) is 13.7. The number of carbonyl (C=O) groups is 1. The molecule has 0 radical (unpaired) electrons. The van der Waals surface area contributed by atoms with E-state index in [1.807, 2.05) is 30.3 Å². The number of aromatic nitrogens is 2. The molecule has 24 heavy (non-hydrogen) atoms. The summed E-state index contributed by atoms with van der Waals surface area (Å²) in [5.41, 5.74) is 5.86. The molecule has 2 rings (SSSR count). The molecule has 128 valence electrons. The number of likely N-dealkylation sites (N-methyl/N-ethyl adjacent to an activating group) is 1. The predicted octanol–water partition coefficient (Wildman–Crippen LogP) is -0.275. The molecule has 0 unspecified atom stereocenters. The third-order valence-electron chi connectivity index (χ3n) is 3.57. The Balaban J connectivity index is 2.40. The van der Waals surface area contributed by atoms with Crippen molar-refractivity contribution in [1.82, 2.24) is 14.5 Å². The van der Waals surface area contributed by atoms with Crippen molar-refractivity contribution in [1.29, 1.82) is 0 Å². The molecule has 1 heterocycles. The van der Waals surface area contributed by atoms with Crippen molar-refractivity contribution in [2.24, 2.45) is 7.05 Å². The van der Waals surface area contributed by atoms with Crippen molar-refractivity contribution in [3.05, 3.63) is 56.7 Å². The van der Waals surface area contributed by atoms with Gasteiger partial charge in [0, 0.05) is 13.6 Å². The molecule has 0 saturated carbocycles. The summed E-state index contributed by atoms with van der Waals surface area (Å²) in [6.45, 7) is 2.42. The zero-order chi connectivity index (χ0) is 17.7. The van der Waals surface area contributed by atoms with E-state index in [1.54, 1.807) is 6.92 Å². The lowest BCUT2D eigenvalue weighted by molar-refractivity contribution is -0.119. The third kappa shape index (κ3) is 3.65. The smallest absolute Gasteiger partial charge is 0.332 e. The Morgan fingerprint density at radius 3 is 2.50 bits per heavy atom. The lowest BCUT2D eigenvalue weighted by Gasteiger charge is -2.16. The molecule has 0 aliphatic carbocycles. The number of nitrogens with two attached hydrogens (primary N) is 1. The number of benzene rings is 1. The summed E-state index contributed by atoms with van der Waals surface area (Å²) in [5.74, 6) is -0.254. The maximum atomic E-state index is 12.3. The monoisotopic (exact) mass is 331 g/mol. The number of rotatable bonds is 6. The van der Waals surface area contributed by atoms with Crippen LogP contribution in [0, 0.1) is 0 Å². The van der Waals surface area contributed by atoms with Crippen molar-refractivity contribution in [3.63, 3.8) is 0 Å². The molecule has 8 heteroatoms. The van der Waals surface area contributed by atoms with Crippen LogP contribution in [0.5, 0.6) is 0 Å². The molecule has 1 aromatic carbocycles. The van der Waals surface area contributed by atoms with Gasteiger partial charge in [-0.05, 0) is 12.5 Å². The fourth-order valence-electron chi connectivity index (χ4n) is 2.30. The quantitative estimate of drug-likeness (QED) is 0.674. The summed E-state index contributed by atoms with van der Waals surface area (Å²) < 4.78 is 2.27. The fraction of sp³-hybridized carbons (Fsp3) is 0.312. The van der Waals surface area contributed by atoms with Crippen molar-refractivity contribution < 1.29 is 4.79 Å². The highest BCUT2D eigenvalue weighted by Crippen LogP contribution is 2.12. The highest BCUT2D eigenvalue weighted by atomic mass is 16.2. The van der Waals surface area contributed by atoms with E-state index in [0.29, 0.717) is 6.54 Å². The number of nitrogens with one attached hydrogen (secondary N) is 2. The van der Waals surface area contributed by atoms with Crippen molar-refractivity contribution in [3.8, 4) is 0 Å². The highest BCUT2D eigenvalue weighted by molar-refractivity contribution is 5.81. The zero-order valence-electron chi connectivity index (χ0n) is 13.7. The van der Waals surface area contributed by atoms with Crippen LogP contribution >= 0.6 is 0 Å². The standard InChI is InChI=1S/C16H21N5O3/c1-3-18-12(22)9-19-13-14(17)21(16(24)20(2)15(13)23)10-11-7-5-4-6-8-11/h4-8,19H,3,9-10,17H2,1-2H3,(H,18,22). The van der Waals surface area contributed by atoms with Crippen LogP contribution in [0.3, 0.4) is 0 Å². The van der Waals surface area contributed by atoms with E-state index in [9.17, 15) is 14.4 Å². The number of amides is 1. The van der Waals surface area contributed by atoms with Gasteiger partial charge in [0.15, 0.2) is 0 Å². The van der Waals surface area contributed by atoms with Gasteiger partial charge in [0.1, 0.15) is 11.5 Å². The molecule has 0 aliphatic rings. The second-order valence-corrected chi connectivity index (χ2v) is 5.29. The van der Waals surface area contributed by atoms with E-state index in [1.165, 1.54) is 11.6 Å². The second-order valence-electron chi connectivity index (χ2n) is 5.29. The van der Waals surface area contributed by atoms with Crippen LogP contribution in [-0.2, 0) is 18.4 Å². The first-order valence-electron chi connectivity index (χ1n) is 7.59. The minimum absolute atomic E-state index is 0.0104. The Morgan fingerprint density at radius 2 is 1.88 bits per heavy atom. The molecule has 4 N–H and O–H groups in total. The number of nitrogens with zero attached hydrogens (tertiary/aromatic N) is 2. The maximum Gasteiger partial charge on any atom is 0.332 e. The summed E-state index contributed by atoms with van der Waals surface area (Å²) in [5, 5.41) is 5.35. The Labute approximate surface area is 138 Å². The normalized spacial score (nSPS) is 10.4. The minimum Gasteiger partial charge on any atom is -0.383 e. The van der Waals surface area contributed by atoms with Crippen LogP contribution in [0.1, 0.15) is 12.5 Å². The second kappa shape index (κ2) is 7.49. The Kier molecular flexibility index (Phi) is 5.41. The molecule has 0 aliphatic heterocycles. The van der Waals surface area contributed by atoms with Crippen LogP contribution in [0.4, 0.5) is 11.5 Å². The van der Waals surface area contributed by atoms with E-state index >= 15 is 0 Å². The average Bonchev–Trinajstić information content (AvgIpc) is 2.58. The number of hydrogen-bond acceptors (Lipinski definition) is 5. The van der Waals surface area contributed by atoms with Gasteiger partial charge in [-0.2, -0.15) is 0 Å². The number of hydrogen-bond donors (Lipinski definition) is 3. The molecule has 8 nitrogen and oxygen atoms in total. The highest BCUT2D eigenvalue weighted by Gasteiger charge is 2.16. The van der Waals surface area contributed by atoms with Gasteiger partial charge < -0.3 is 16.4 Å². The molecule has 1 amide bonds. The molecule has 0 bridgehead atoms. The molecule has 0 spiro atoms. The third-order valence-corrected chi connectivity index (χ3v) is 3.57. The van der Waals surface area contributed by atoms with Gasteiger partial charge in [0.2, 0.25) is 5.91 Å². The molecular formula is C16H21N5O3. The van der Waals surface area contributed by atoms with Gasteiger partial charge in [0.25, 0.3) is 5.56 Å². The van der Waals surface area contributed by atoms with E-state index in [4.69, 9.17) is 5.73 Å². The van der Waals surface area contributed by atoms with Gasteiger partial charge in [-0.15, -0.1) is 0 Å². The van der Waals surface area contributed by atoms with Crippen LogP contribution < -0.4 is 27.6 Å². The van der Waals surface area contributed by atoms with Crippen LogP contribution in [-0.4, -0.2) is 28.1 Å². The summed E-state index contributed by atoms with van der Waals surface area (Å²) in [4.78, 5) is 36.2. The molecule has 0 fully saturated rings. The van der Waals surface area contributed by atoms with Gasteiger partial charge in [-0.3, -0.25) is 18.7 Å². The molecule has 1 aromatic heterocycles. The maximum absolute atomic E-state index is 12.3. The van der Waals surface area contributed by atoms with E-state index in [-0.39, 0.29) is 30.5 Å². The fourth-order valence-corrected chi connectivity index (χ4v) is 2.30. The number of carbonyl (C=O) groups excluding carboxylic acids is 1. The number of anilines is 2. The lowest BCUT2D eigenvalue weighted by Crippen LogP contribution is -2.42. The van der Waals surface area contributed by atoms with Crippen LogP contribution in [0.15, 0.2) is 39.9 Å². The molecular weight excluding hydrogens is 310 g/mol. The van der Waals surface area contributed by atoms with Crippen LogP contribution in [0.25, 0.3) is 0 Å². The Hall–Kier alpha value is -3.03.